The number of aromatic nitrogens is 2. The maximum atomic E-state index is 5.50. The summed E-state index contributed by atoms with van der Waals surface area (Å²) < 4.78 is 7.48. The van der Waals surface area contributed by atoms with E-state index < -0.39 is 0 Å². The lowest BCUT2D eigenvalue weighted by Gasteiger charge is -2.20. The van der Waals surface area contributed by atoms with E-state index >= 15 is 0 Å². The summed E-state index contributed by atoms with van der Waals surface area (Å²) in [5, 5.41) is 9.39. The number of benzene rings is 1. The highest BCUT2D eigenvalue weighted by atomic mass is 16.5. The molecule has 1 fully saturated rings. The molecule has 4 heteroatoms. The topological polar surface area (TPSA) is 39.1 Å². The molecule has 0 bridgehead atoms. The number of hydrogen-bond donors (Lipinski definition) is 1. The van der Waals surface area contributed by atoms with E-state index in [9.17, 15) is 0 Å². The lowest BCUT2D eigenvalue weighted by molar-refractivity contribution is 0.177. The number of rotatable bonds is 4. The molecule has 4 nitrogen and oxygen atoms in total. The molecule has 2 unspecified atom stereocenters. The molecule has 102 valence electrons. The van der Waals surface area contributed by atoms with Crippen molar-refractivity contribution in [1.82, 2.24) is 15.1 Å². The fraction of sp³-hybridized carbons (Fsp3) is 0.533. The SMILES string of the molecule is CNC(Cc1nn(C)c2ccccc12)C1CCOC1. The number of ether oxygens (including phenoxy) is 1. The van der Waals surface area contributed by atoms with Crippen LogP contribution in [0.1, 0.15) is 12.1 Å². The lowest BCUT2D eigenvalue weighted by atomic mass is 9.94. The number of fused-ring (bicyclic) bond motifs is 1. The highest BCUT2D eigenvalue weighted by Crippen LogP contribution is 2.23. The molecule has 2 aromatic rings. The van der Waals surface area contributed by atoms with Crippen molar-refractivity contribution in [3.63, 3.8) is 0 Å². The summed E-state index contributed by atoms with van der Waals surface area (Å²) in [6, 6.07) is 8.88. The minimum absolute atomic E-state index is 0.445. The zero-order valence-electron chi connectivity index (χ0n) is 11.6. The molecule has 0 aliphatic carbocycles. The van der Waals surface area contributed by atoms with Gasteiger partial charge in [-0.2, -0.15) is 5.10 Å². The van der Waals surface area contributed by atoms with Gasteiger partial charge in [0.05, 0.1) is 17.8 Å². The van der Waals surface area contributed by atoms with E-state index in [1.165, 1.54) is 16.6 Å². The molecule has 3 rings (SSSR count). The normalized spacial score (nSPS) is 21.1. The Morgan fingerprint density at radius 2 is 2.32 bits per heavy atom. The molecule has 1 aromatic heterocycles. The van der Waals surface area contributed by atoms with Gasteiger partial charge < -0.3 is 10.1 Å². The van der Waals surface area contributed by atoms with Gasteiger partial charge in [-0.05, 0) is 19.5 Å². The highest BCUT2D eigenvalue weighted by Gasteiger charge is 2.26. The predicted octanol–water partition coefficient (Wildman–Crippen LogP) is 1.74. The van der Waals surface area contributed by atoms with Gasteiger partial charge in [-0.15, -0.1) is 0 Å². The zero-order chi connectivity index (χ0) is 13.2. The fourth-order valence-electron chi connectivity index (χ4n) is 3.02. The van der Waals surface area contributed by atoms with Gasteiger partial charge >= 0.3 is 0 Å². The van der Waals surface area contributed by atoms with Crippen molar-refractivity contribution in [2.45, 2.75) is 18.9 Å². The monoisotopic (exact) mass is 259 g/mol. The van der Waals surface area contributed by atoms with Crippen LogP contribution in [-0.4, -0.2) is 36.1 Å². The van der Waals surface area contributed by atoms with Crippen LogP contribution in [0.15, 0.2) is 24.3 Å². The molecular weight excluding hydrogens is 238 g/mol. The minimum Gasteiger partial charge on any atom is -0.381 e. The second kappa shape index (κ2) is 5.31. The first-order chi connectivity index (χ1) is 9.29. The molecule has 1 aromatic carbocycles. The third-order valence-corrected chi connectivity index (χ3v) is 4.15. The molecule has 0 radical (unpaired) electrons. The van der Waals surface area contributed by atoms with Gasteiger partial charge in [-0.3, -0.25) is 4.68 Å². The second-order valence-electron chi connectivity index (χ2n) is 5.31. The molecule has 2 atom stereocenters. The largest absolute Gasteiger partial charge is 0.381 e. The van der Waals surface area contributed by atoms with Crippen LogP contribution in [-0.2, 0) is 18.2 Å². The van der Waals surface area contributed by atoms with E-state index in [-0.39, 0.29) is 0 Å². The third kappa shape index (κ3) is 2.38. The van der Waals surface area contributed by atoms with E-state index in [0.29, 0.717) is 12.0 Å². The van der Waals surface area contributed by atoms with Crippen LogP contribution in [0.5, 0.6) is 0 Å². The first-order valence-corrected chi connectivity index (χ1v) is 6.95. The van der Waals surface area contributed by atoms with Gasteiger partial charge in [0.15, 0.2) is 0 Å². The van der Waals surface area contributed by atoms with E-state index in [0.717, 1.165) is 26.1 Å². The number of likely N-dealkylation sites (N-methyl/N-ethyl adjacent to an activating group) is 1. The van der Waals surface area contributed by atoms with Crippen LogP contribution in [0.25, 0.3) is 10.9 Å². The van der Waals surface area contributed by atoms with Crippen LogP contribution >= 0.6 is 0 Å². The van der Waals surface area contributed by atoms with Crippen molar-refractivity contribution in [3.05, 3.63) is 30.0 Å². The Kier molecular flexibility index (Phi) is 3.53. The van der Waals surface area contributed by atoms with Gasteiger partial charge in [0.1, 0.15) is 0 Å². The van der Waals surface area contributed by atoms with Crippen molar-refractivity contribution < 1.29 is 4.74 Å². The maximum Gasteiger partial charge on any atom is 0.0718 e. The first-order valence-electron chi connectivity index (χ1n) is 6.95. The summed E-state index contributed by atoms with van der Waals surface area (Å²) in [6.07, 6.45) is 2.11. The van der Waals surface area contributed by atoms with E-state index in [1.807, 2.05) is 18.8 Å². The van der Waals surface area contributed by atoms with Gasteiger partial charge in [-0.25, -0.2) is 0 Å². The van der Waals surface area contributed by atoms with Crippen molar-refractivity contribution in [1.29, 1.82) is 0 Å². The van der Waals surface area contributed by atoms with Gasteiger partial charge in [-0.1, -0.05) is 18.2 Å². The summed E-state index contributed by atoms with van der Waals surface area (Å²) in [6.45, 7) is 1.77. The number of aryl methyl sites for hydroxylation is 1. The summed E-state index contributed by atoms with van der Waals surface area (Å²) in [5.74, 6) is 0.603. The zero-order valence-corrected chi connectivity index (χ0v) is 11.6. The van der Waals surface area contributed by atoms with Gasteiger partial charge in [0, 0.05) is 37.4 Å². The molecule has 0 amide bonds. The van der Waals surface area contributed by atoms with Gasteiger partial charge in [0.2, 0.25) is 0 Å². The molecule has 1 saturated heterocycles. The Balaban J connectivity index is 1.87. The Morgan fingerprint density at radius 1 is 1.47 bits per heavy atom. The van der Waals surface area contributed by atoms with Crippen LogP contribution < -0.4 is 5.32 Å². The Labute approximate surface area is 113 Å². The molecule has 0 spiro atoms. The summed E-state index contributed by atoms with van der Waals surface area (Å²) in [7, 11) is 4.05. The lowest BCUT2D eigenvalue weighted by Crippen LogP contribution is -2.36. The Bertz CT molecular complexity index is 558. The number of nitrogens with zero attached hydrogens (tertiary/aromatic N) is 2. The van der Waals surface area contributed by atoms with Crippen molar-refractivity contribution >= 4 is 10.9 Å². The van der Waals surface area contributed by atoms with E-state index in [2.05, 4.69) is 34.7 Å². The molecule has 1 aliphatic heterocycles. The predicted molar refractivity (Wildman–Crippen MR) is 76.2 cm³/mol. The maximum absolute atomic E-state index is 5.50. The van der Waals surface area contributed by atoms with E-state index in [4.69, 9.17) is 4.74 Å². The average Bonchev–Trinajstić information content (AvgIpc) is 3.06. The fourth-order valence-corrected chi connectivity index (χ4v) is 3.02. The molecule has 2 heterocycles. The van der Waals surface area contributed by atoms with Crippen LogP contribution in [0.4, 0.5) is 0 Å². The first kappa shape index (κ1) is 12.6. The standard InChI is InChI=1S/C15H21N3O/c1-16-13(11-7-8-19-10-11)9-14-12-5-3-4-6-15(12)18(2)17-14/h3-6,11,13,16H,7-10H2,1-2H3. The number of para-hydroxylation sites is 1. The second-order valence-corrected chi connectivity index (χ2v) is 5.31. The molecule has 1 aliphatic rings. The van der Waals surface area contributed by atoms with Gasteiger partial charge in [0.25, 0.3) is 0 Å². The summed E-state index contributed by atoms with van der Waals surface area (Å²) >= 11 is 0. The van der Waals surface area contributed by atoms with Crippen molar-refractivity contribution in [3.8, 4) is 0 Å². The highest BCUT2D eigenvalue weighted by molar-refractivity contribution is 5.81. The quantitative estimate of drug-likeness (QED) is 0.909. The molecule has 19 heavy (non-hydrogen) atoms. The van der Waals surface area contributed by atoms with Crippen LogP contribution in [0.3, 0.4) is 0 Å². The molecular formula is C15H21N3O. The summed E-state index contributed by atoms with van der Waals surface area (Å²) in [5.41, 5.74) is 2.39. The van der Waals surface area contributed by atoms with Crippen molar-refractivity contribution in [2.75, 3.05) is 20.3 Å². The number of hydrogen-bond acceptors (Lipinski definition) is 3. The van der Waals surface area contributed by atoms with Crippen molar-refractivity contribution in [2.24, 2.45) is 13.0 Å². The third-order valence-electron chi connectivity index (χ3n) is 4.15. The number of nitrogens with one attached hydrogen (secondary N) is 1. The average molecular weight is 259 g/mol. The minimum atomic E-state index is 0.445. The van der Waals surface area contributed by atoms with E-state index in [1.54, 1.807) is 0 Å². The summed E-state index contributed by atoms with van der Waals surface area (Å²) in [4.78, 5) is 0. The van der Waals surface area contributed by atoms with Crippen LogP contribution in [0.2, 0.25) is 0 Å². The smallest absolute Gasteiger partial charge is 0.0718 e. The van der Waals surface area contributed by atoms with Crippen LogP contribution in [0, 0.1) is 5.92 Å². The molecule has 0 saturated carbocycles. The Morgan fingerprint density at radius 3 is 3.05 bits per heavy atom. The Hall–Kier alpha value is -1.39. The molecule has 1 N–H and O–H groups in total.